The van der Waals surface area contributed by atoms with Crippen LogP contribution in [0.5, 0.6) is 5.75 Å². The molecule has 1 N–H and O–H groups in total. The van der Waals surface area contributed by atoms with Gasteiger partial charge in [-0.15, -0.1) is 11.3 Å². The number of amides is 1. The van der Waals surface area contributed by atoms with Gasteiger partial charge in [-0.1, -0.05) is 0 Å². The Morgan fingerprint density at radius 3 is 2.88 bits per heavy atom. The number of aryl methyl sites for hydroxylation is 1. The highest BCUT2D eigenvalue weighted by Crippen LogP contribution is 2.20. The van der Waals surface area contributed by atoms with Crippen LogP contribution in [0, 0.1) is 18.6 Å². The first-order chi connectivity index (χ1) is 11.5. The number of ether oxygens (including phenoxy) is 1. The molecule has 0 fully saturated rings. The van der Waals surface area contributed by atoms with Crippen LogP contribution in [0.2, 0.25) is 0 Å². The Morgan fingerprint density at radius 1 is 1.33 bits per heavy atom. The second-order valence-corrected chi connectivity index (χ2v) is 5.74. The lowest BCUT2D eigenvalue weighted by Crippen LogP contribution is -2.10. The molecule has 5 nitrogen and oxygen atoms in total. The Bertz CT molecular complexity index is 876. The number of carbonyl (C=O) groups is 1. The molecule has 0 saturated heterocycles. The lowest BCUT2D eigenvalue weighted by molar-refractivity contribution is 0.0992. The zero-order chi connectivity index (χ0) is 17.1. The van der Waals surface area contributed by atoms with Crippen molar-refractivity contribution in [2.75, 3.05) is 5.32 Å². The Kier molecular flexibility index (Phi) is 4.57. The summed E-state index contributed by atoms with van der Waals surface area (Å²) >= 11 is 1.31. The molecule has 3 aromatic rings. The van der Waals surface area contributed by atoms with E-state index in [4.69, 9.17) is 9.15 Å². The molecule has 0 spiro atoms. The van der Waals surface area contributed by atoms with Gasteiger partial charge in [0.2, 0.25) is 0 Å². The summed E-state index contributed by atoms with van der Waals surface area (Å²) in [4.78, 5) is 16.1. The first-order valence-electron chi connectivity index (χ1n) is 6.91. The minimum Gasteiger partial charge on any atom is -0.483 e. The van der Waals surface area contributed by atoms with E-state index in [1.807, 2.05) is 12.3 Å². The number of aromatic nitrogens is 1. The average molecular weight is 350 g/mol. The van der Waals surface area contributed by atoms with Gasteiger partial charge in [-0.2, -0.15) is 0 Å². The fraction of sp³-hybridized carbons (Fsp3) is 0.125. The number of rotatable bonds is 5. The second kappa shape index (κ2) is 6.79. The number of thiazole rings is 1. The van der Waals surface area contributed by atoms with E-state index < -0.39 is 17.5 Å². The molecule has 0 aliphatic rings. The maximum atomic E-state index is 13.5. The molecule has 0 unspecified atom stereocenters. The molecule has 1 amide bonds. The summed E-state index contributed by atoms with van der Waals surface area (Å²) in [6, 6.07) is 6.03. The summed E-state index contributed by atoms with van der Waals surface area (Å²) in [6.07, 6.45) is 0. The van der Waals surface area contributed by atoms with Crippen molar-refractivity contribution in [3.63, 3.8) is 0 Å². The zero-order valence-corrected chi connectivity index (χ0v) is 13.3. The van der Waals surface area contributed by atoms with Crippen molar-refractivity contribution >= 4 is 22.4 Å². The number of carbonyl (C=O) groups excluding carboxylic acids is 1. The average Bonchev–Trinajstić information content (AvgIpc) is 3.15. The van der Waals surface area contributed by atoms with Crippen molar-refractivity contribution < 1.29 is 22.7 Å². The Hall–Kier alpha value is -2.74. The molecule has 124 valence electrons. The second-order valence-electron chi connectivity index (χ2n) is 4.88. The molecule has 0 aliphatic carbocycles. The number of hydrogen-bond donors (Lipinski definition) is 1. The van der Waals surface area contributed by atoms with Crippen LogP contribution in [0.3, 0.4) is 0 Å². The lowest BCUT2D eigenvalue weighted by Gasteiger charge is -2.05. The first-order valence-corrected chi connectivity index (χ1v) is 7.79. The molecule has 0 aliphatic heterocycles. The maximum absolute atomic E-state index is 13.5. The van der Waals surface area contributed by atoms with E-state index in [0.717, 1.165) is 17.8 Å². The van der Waals surface area contributed by atoms with E-state index in [2.05, 4.69) is 10.3 Å². The van der Waals surface area contributed by atoms with Crippen molar-refractivity contribution in [3.05, 3.63) is 64.6 Å². The molecule has 0 saturated carbocycles. The highest BCUT2D eigenvalue weighted by molar-refractivity contribution is 7.13. The van der Waals surface area contributed by atoms with E-state index in [1.54, 1.807) is 6.07 Å². The molecule has 2 aromatic heterocycles. The molecule has 8 heteroatoms. The van der Waals surface area contributed by atoms with Crippen LogP contribution in [-0.4, -0.2) is 10.9 Å². The minimum atomic E-state index is -0.807. The first kappa shape index (κ1) is 16.1. The van der Waals surface area contributed by atoms with Gasteiger partial charge >= 0.3 is 0 Å². The molecule has 0 radical (unpaired) electrons. The van der Waals surface area contributed by atoms with Crippen LogP contribution in [0.15, 0.2) is 40.1 Å². The summed E-state index contributed by atoms with van der Waals surface area (Å²) in [6.45, 7) is 1.73. The summed E-state index contributed by atoms with van der Waals surface area (Å²) in [5, 5.41) is 4.90. The molecule has 3 rings (SSSR count). The van der Waals surface area contributed by atoms with Crippen molar-refractivity contribution in [2.24, 2.45) is 0 Å². The Labute approximate surface area is 139 Å². The van der Waals surface area contributed by atoms with Crippen molar-refractivity contribution in [1.29, 1.82) is 0 Å². The van der Waals surface area contributed by atoms with Gasteiger partial charge in [-0.3, -0.25) is 10.1 Å². The zero-order valence-electron chi connectivity index (χ0n) is 12.5. The number of halogens is 2. The van der Waals surface area contributed by atoms with Crippen LogP contribution in [0.25, 0.3) is 0 Å². The van der Waals surface area contributed by atoms with Crippen LogP contribution < -0.4 is 10.1 Å². The molecule has 1 aromatic carbocycles. The van der Waals surface area contributed by atoms with Gasteiger partial charge in [0.05, 0.1) is 5.69 Å². The van der Waals surface area contributed by atoms with E-state index >= 15 is 0 Å². The smallest absolute Gasteiger partial charge is 0.293 e. The lowest BCUT2D eigenvalue weighted by atomic mass is 10.3. The van der Waals surface area contributed by atoms with E-state index in [0.29, 0.717) is 10.9 Å². The topological polar surface area (TPSA) is 64.4 Å². The standard InChI is InChI=1S/C16H12F2N2O3S/c1-9-8-24-16(19-9)20-15(21)14-5-3-11(23-14)7-22-13-4-2-10(17)6-12(13)18/h2-6,8H,7H2,1H3,(H,19,20,21). The molecular formula is C16H12F2N2O3S. The molecule has 0 bridgehead atoms. The molecule has 2 heterocycles. The van der Waals surface area contributed by atoms with Gasteiger partial charge in [0, 0.05) is 11.4 Å². The van der Waals surface area contributed by atoms with Gasteiger partial charge in [-0.05, 0) is 31.2 Å². The van der Waals surface area contributed by atoms with E-state index in [1.165, 1.54) is 23.5 Å². The van der Waals surface area contributed by atoms with Gasteiger partial charge < -0.3 is 9.15 Å². The third-order valence-electron chi connectivity index (χ3n) is 2.99. The Balaban J connectivity index is 1.61. The van der Waals surface area contributed by atoms with E-state index in [-0.39, 0.29) is 18.1 Å². The predicted octanol–water partition coefficient (Wildman–Crippen LogP) is 4.15. The van der Waals surface area contributed by atoms with Crippen LogP contribution >= 0.6 is 11.3 Å². The van der Waals surface area contributed by atoms with Gasteiger partial charge in [0.15, 0.2) is 22.5 Å². The number of benzene rings is 1. The summed E-state index contributed by atoms with van der Waals surface area (Å²) in [7, 11) is 0. The van der Waals surface area contributed by atoms with Crippen LogP contribution in [-0.2, 0) is 6.61 Å². The van der Waals surface area contributed by atoms with Crippen LogP contribution in [0.4, 0.5) is 13.9 Å². The largest absolute Gasteiger partial charge is 0.483 e. The summed E-state index contributed by atoms with van der Waals surface area (Å²) < 4.78 is 36.9. The van der Waals surface area contributed by atoms with Crippen LogP contribution in [0.1, 0.15) is 22.0 Å². The summed E-state index contributed by atoms with van der Waals surface area (Å²) in [5.74, 6) is -1.62. The van der Waals surface area contributed by atoms with E-state index in [9.17, 15) is 13.6 Å². The van der Waals surface area contributed by atoms with Crippen molar-refractivity contribution in [3.8, 4) is 5.75 Å². The van der Waals surface area contributed by atoms with Gasteiger partial charge in [-0.25, -0.2) is 13.8 Å². The maximum Gasteiger partial charge on any atom is 0.293 e. The number of hydrogen-bond acceptors (Lipinski definition) is 5. The third kappa shape index (κ3) is 3.77. The SMILES string of the molecule is Cc1csc(NC(=O)c2ccc(COc3ccc(F)cc3F)o2)n1. The van der Waals surface area contributed by atoms with Crippen molar-refractivity contribution in [2.45, 2.75) is 13.5 Å². The van der Waals surface area contributed by atoms with Gasteiger partial charge in [0.1, 0.15) is 18.2 Å². The fourth-order valence-electron chi connectivity index (χ4n) is 1.89. The fourth-order valence-corrected chi connectivity index (χ4v) is 2.57. The molecule has 24 heavy (non-hydrogen) atoms. The monoisotopic (exact) mass is 350 g/mol. The quantitative estimate of drug-likeness (QED) is 0.751. The number of furan rings is 1. The highest BCUT2D eigenvalue weighted by atomic mass is 32.1. The van der Waals surface area contributed by atoms with Crippen molar-refractivity contribution in [1.82, 2.24) is 4.98 Å². The summed E-state index contributed by atoms with van der Waals surface area (Å²) in [5.41, 5.74) is 0.810. The minimum absolute atomic E-state index is 0.0843. The third-order valence-corrected chi connectivity index (χ3v) is 3.86. The molecular weight excluding hydrogens is 338 g/mol. The molecule has 0 atom stereocenters. The predicted molar refractivity (Wildman–Crippen MR) is 84.2 cm³/mol. The van der Waals surface area contributed by atoms with Gasteiger partial charge in [0.25, 0.3) is 5.91 Å². The number of anilines is 1. The highest BCUT2D eigenvalue weighted by Gasteiger charge is 2.14. The Morgan fingerprint density at radius 2 is 2.17 bits per heavy atom. The number of nitrogens with one attached hydrogen (secondary N) is 1. The number of nitrogens with zero attached hydrogens (tertiary/aromatic N) is 1. The normalized spacial score (nSPS) is 10.6.